The lowest BCUT2D eigenvalue weighted by atomic mass is 10.0. The first-order chi connectivity index (χ1) is 9.48. The summed E-state index contributed by atoms with van der Waals surface area (Å²) in [4.78, 5) is 0.314. The van der Waals surface area contributed by atoms with Crippen LogP contribution in [-0.2, 0) is 10.0 Å². The van der Waals surface area contributed by atoms with Gasteiger partial charge in [0.15, 0.2) is 0 Å². The van der Waals surface area contributed by atoms with Gasteiger partial charge in [-0.25, -0.2) is 8.42 Å². The summed E-state index contributed by atoms with van der Waals surface area (Å²) in [5.74, 6) is 0. The molecule has 0 amide bonds. The summed E-state index contributed by atoms with van der Waals surface area (Å²) < 4.78 is 27.4. The third kappa shape index (κ3) is 3.90. The lowest BCUT2D eigenvalue weighted by Gasteiger charge is -2.35. The Bertz CT molecular complexity index is 576. The maximum absolute atomic E-state index is 12.9. The Labute approximate surface area is 138 Å². The Morgan fingerprint density at radius 3 is 2.76 bits per heavy atom. The Kier molecular flexibility index (Phi) is 6.94. The van der Waals surface area contributed by atoms with Crippen LogP contribution >= 0.6 is 24.0 Å². The summed E-state index contributed by atoms with van der Waals surface area (Å²) in [7, 11) is -3.49. The number of piperidine rings is 1. The van der Waals surface area contributed by atoms with Crippen LogP contribution in [0, 0.1) is 6.92 Å². The molecule has 0 saturated carbocycles. The van der Waals surface area contributed by atoms with Crippen molar-refractivity contribution in [3.63, 3.8) is 0 Å². The summed E-state index contributed by atoms with van der Waals surface area (Å²) in [6.07, 6.45) is 3.56. The zero-order chi connectivity index (χ0) is 14.8. The molecule has 0 radical (unpaired) electrons. The van der Waals surface area contributed by atoms with Gasteiger partial charge in [-0.3, -0.25) is 0 Å². The van der Waals surface area contributed by atoms with Gasteiger partial charge >= 0.3 is 0 Å². The molecule has 0 bridgehead atoms. The van der Waals surface area contributed by atoms with Crippen molar-refractivity contribution in [2.24, 2.45) is 5.73 Å². The second-order valence-corrected chi connectivity index (χ2v) is 7.47. The number of hydrogen-bond donors (Lipinski definition) is 1. The van der Waals surface area contributed by atoms with E-state index in [1.54, 1.807) is 29.4 Å². The summed E-state index contributed by atoms with van der Waals surface area (Å²) in [6.45, 7) is 2.82. The van der Waals surface area contributed by atoms with Crippen molar-refractivity contribution in [2.45, 2.75) is 43.5 Å². The second kappa shape index (κ2) is 7.79. The average molecular weight is 353 g/mol. The lowest BCUT2D eigenvalue weighted by Crippen LogP contribution is -2.44. The first kappa shape index (κ1) is 18.7. The van der Waals surface area contributed by atoms with Crippen LogP contribution in [0.15, 0.2) is 23.1 Å². The molecule has 1 saturated heterocycles. The van der Waals surface area contributed by atoms with E-state index in [0.29, 0.717) is 35.0 Å². The van der Waals surface area contributed by atoms with Gasteiger partial charge in [-0.15, -0.1) is 12.4 Å². The van der Waals surface area contributed by atoms with E-state index in [9.17, 15) is 8.42 Å². The van der Waals surface area contributed by atoms with Crippen LogP contribution in [0.3, 0.4) is 0 Å². The van der Waals surface area contributed by atoms with E-state index in [4.69, 9.17) is 17.3 Å². The highest BCUT2D eigenvalue weighted by molar-refractivity contribution is 7.89. The molecule has 0 aromatic heterocycles. The Hall–Kier alpha value is -0.330. The fraction of sp³-hybridized carbons (Fsp3) is 0.571. The van der Waals surface area contributed by atoms with Crippen molar-refractivity contribution in [2.75, 3.05) is 13.1 Å². The van der Waals surface area contributed by atoms with Crippen LogP contribution in [0.2, 0.25) is 5.02 Å². The summed E-state index contributed by atoms with van der Waals surface area (Å²) in [5, 5.41) is 0.485. The van der Waals surface area contributed by atoms with E-state index in [1.807, 2.05) is 0 Å². The number of rotatable bonds is 4. The van der Waals surface area contributed by atoms with Crippen molar-refractivity contribution < 1.29 is 8.42 Å². The van der Waals surface area contributed by atoms with Gasteiger partial charge in [-0.2, -0.15) is 4.31 Å². The number of benzene rings is 1. The zero-order valence-corrected chi connectivity index (χ0v) is 14.5. The number of nitrogens with zero attached hydrogens (tertiary/aromatic N) is 1. The van der Waals surface area contributed by atoms with Gasteiger partial charge < -0.3 is 5.73 Å². The van der Waals surface area contributed by atoms with E-state index in [1.165, 1.54) is 0 Å². The fourth-order valence-electron chi connectivity index (χ4n) is 2.76. The van der Waals surface area contributed by atoms with Gasteiger partial charge in [0.25, 0.3) is 0 Å². The highest BCUT2D eigenvalue weighted by Crippen LogP contribution is 2.30. The molecule has 120 valence electrons. The van der Waals surface area contributed by atoms with E-state index < -0.39 is 10.0 Å². The molecule has 7 heteroatoms. The van der Waals surface area contributed by atoms with Gasteiger partial charge in [0.2, 0.25) is 10.0 Å². The second-order valence-electron chi connectivity index (χ2n) is 5.21. The predicted molar refractivity (Wildman–Crippen MR) is 88.6 cm³/mol. The van der Waals surface area contributed by atoms with Crippen molar-refractivity contribution in [3.05, 3.63) is 28.8 Å². The third-order valence-electron chi connectivity index (χ3n) is 3.88. The minimum atomic E-state index is -3.49. The maximum Gasteiger partial charge on any atom is 0.243 e. The van der Waals surface area contributed by atoms with Crippen LogP contribution in [-0.4, -0.2) is 31.9 Å². The standard InChI is InChI=1S/C14H21ClN2O2S.ClH/c1-11-13(15)6-4-7-14(11)20(18,19)17-10-3-2-5-12(17)8-9-16;/h4,6-7,12H,2-3,5,8-10,16H2,1H3;1H. The highest BCUT2D eigenvalue weighted by Gasteiger charge is 2.33. The fourth-order valence-corrected chi connectivity index (χ4v) is 4.97. The van der Waals surface area contributed by atoms with E-state index in [0.717, 1.165) is 19.3 Å². The molecule has 1 aliphatic rings. The molecular formula is C14H22Cl2N2O2S. The van der Waals surface area contributed by atoms with Gasteiger partial charge in [0.05, 0.1) is 4.90 Å². The molecule has 1 unspecified atom stereocenters. The molecule has 1 aromatic rings. The molecular weight excluding hydrogens is 331 g/mol. The van der Waals surface area contributed by atoms with Crippen LogP contribution in [0.1, 0.15) is 31.2 Å². The lowest BCUT2D eigenvalue weighted by molar-refractivity contribution is 0.243. The number of hydrogen-bond acceptors (Lipinski definition) is 3. The van der Waals surface area contributed by atoms with Crippen LogP contribution in [0.25, 0.3) is 0 Å². The molecule has 0 aliphatic carbocycles. The Morgan fingerprint density at radius 2 is 2.10 bits per heavy atom. The molecule has 1 aliphatic heterocycles. The van der Waals surface area contributed by atoms with Crippen molar-refractivity contribution in [1.29, 1.82) is 0 Å². The van der Waals surface area contributed by atoms with Crippen LogP contribution in [0.4, 0.5) is 0 Å². The van der Waals surface area contributed by atoms with E-state index in [-0.39, 0.29) is 18.4 Å². The molecule has 4 nitrogen and oxygen atoms in total. The van der Waals surface area contributed by atoms with Gasteiger partial charge in [-0.1, -0.05) is 24.1 Å². The smallest absolute Gasteiger partial charge is 0.243 e. The Balaban J connectivity index is 0.00000220. The number of nitrogens with two attached hydrogens (primary N) is 1. The molecule has 1 atom stereocenters. The molecule has 21 heavy (non-hydrogen) atoms. The summed E-state index contributed by atoms with van der Waals surface area (Å²) in [5.41, 5.74) is 6.23. The van der Waals surface area contributed by atoms with Gasteiger partial charge in [-0.05, 0) is 50.4 Å². The number of halogens is 2. The maximum atomic E-state index is 12.9. The SMILES string of the molecule is Cc1c(Cl)cccc1S(=O)(=O)N1CCCCC1CCN.Cl. The first-order valence-electron chi connectivity index (χ1n) is 6.95. The molecule has 2 N–H and O–H groups in total. The molecule has 1 fully saturated rings. The summed E-state index contributed by atoms with van der Waals surface area (Å²) >= 11 is 6.05. The molecule has 2 rings (SSSR count). The predicted octanol–water partition coefficient (Wildman–Crippen LogP) is 2.96. The van der Waals surface area contributed by atoms with Gasteiger partial charge in [0.1, 0.15) is 0 Å². The largest absolute Gasteiger partial charge is 0.330 e. The van der Waals surface area contributed by atoms with Crippen LogP contribution < -0.4 is 5.73 Å². The van der Waals surface area contributed by atoms with E-state index in [2.05, 4.69) is 0 Å². The quantitative estimate of drug-likeness (QED) is 0.905. The third-order valence-corrected chi connectivity index (χ3v) is 6.38. The monoisotopic (exact) mass is 352 g/mol. The van der Waals surface area contributed by atoms with Crippen LogP contribution in [0.5, 0.6) is 0 Å². The zero-order valence-electron chi connectivity index (χ0n) is 12.1. The average Bonchev–Trinajstić information content (AvgIpc) is 2.42. The minimum absolute atomic E-state index is 0. The normalized spacial score (nSPS) is 20.0. The Morgan fingerprint density at radius 1 is 1.38 bits per heavy atom. The molecule has 0 spiro atoms. The molecule has 1 aromatic carbocycles. The first-order valence-corrected chi connectivity index (χ1v) is 8.77. The van der Waals surface area contributed by atoms with E-state index >= 15 is 0 Å². The number of sulfonamides is 1. The minimum Gasteiger partial charge on any atom is -0.330 e. The van der Waals surface area contributed by atoms with Crippen molar-refractivity contribution in [1.82, 2.24) is 4.31 Å². The van der Waals surface area contributed by atoms with Crippen molar-refractivity contribution >= 4 is 34.0 Å². The molecule has 1 heterocycles. The van der Waals surface area contributed by atoms with Crippen molar-refractivity contribution in [3.8, 4) is 0 Å². The van der Waals surface area contributed by atoms with Gasteiger partial charge in [0, 0.05) is 17.6 Å². The summed E-state index contributed by atoms with van der Waals surface area (Å²) in [6, 6.07) is 5.04. The topological polar surface area (TPSA) is 63.4 Å². The highest BCUT2D eigenvalue weighted by atomic mass is 35.5.